The van der Waals surface area contributed by atoms with Crippen molar-refractivity contribution < 1.29 is 19.1 Å². The lowest BCUT2D eigenvalue weighted by atomic mass is 10.1. The van der Waals surface area contributed by atoms with E-state index in [0.29, 0.717) is 22.6 Å². The Kier molecular flexibility index (Phi) is 7.12. The Morgan fingerprint density at radius 2 is 1.64 bits per heavy atom. The van der Waals surface area contributed by atoms with E-state index in [2.05, 4.69) is 26.5 Å². The van der Waals surface area contributed by atoms with Gasteiger partial charge in [0, 0.05) is 10.0 Å². The van der Waals surface area contributed by atoms with Crippen LogP contribution in [0.1, 0.15) is 15.9 Å². The topological polar surface area (TPSA) is 77.0 Å². The predicted octanol–water partition coefficient (Wildman–Crippen LogP) is 5.35. The molecule has 0 bridgehead atoms. The smallest absolute Gasteiger partial charge is 0.343 e. The molecular formula is C26H19BrN2O4. The number of nitrogens with one attached hydrogen (secondary N) is 1. The lowest BCUT2D eigenvalue weighted by molar-refractivity contribution is -0.123. The summed E-state index contributed by atoms with van der Waals surface area (Å²) in [4.78, 5) is 24.5. The summed E-state index contributed by atoms with van der Waals surface area (Å²) in [6.45, 7) is -0.190. The summed E-state index contributed by atoms with van der Waals surface area (Å²) in [5, 5.41) is 6.09. The van der Waals surface area contributed by atoms with Gasteiger partial charge in [-0.15, -0.1) is 0 Å². The zero-order valence-corrected chi connectivity index (χ0v) is 19.0. The Hall–Kier alpha value is -3.97. The summed E-state index contributed by atoms with van der Waals surface area (Å²) in [5.41, 5.74) is 3.37. The number of hydrogen-bond acceptors (Lipinski definition) is 5. The molecule has 1 amide bonds. The van der Waals surface area contributed by atoms with Gasteiger partial charge in [-0.3, -0.25) is 4.79 Å². The van der Waals surface area contributed by atoms with Crippen LogP contribution < -0.4 is 14.9 Å². The lowest BCUT2D eigenvalue weighted by Crippen LogP contribution is -2.24. The van der Waals surface area contributed by atoms with Crippen LogP contribution in [-0.4, -0.2) is 24.7 Å². The number of rotatable bonds is 7. The van der Waals surface area contributed by atoms with E-state index >= 15 is 0 Å². The molecule has 0 aliphatic heterocycles. The van der Waals surface area contributed by atoms with Crippen molar-refractivity contribution in [3.8, 4) is 11.5 Å². The number of hydrogen-bond donors (Lipinski definition) is 1. The van der Waals surface area contributed by atoms with Gasteiger partial charge in [-0.05, 0) is 53.2 Å². The van der Waals surface area contributed by atoms with Gasteiger partial charge in [0.15, 0.2) is 6.61 Å². The maximum atomic E-state index is 12.4. The Labute approximate surface area is 199 Å². The van der Waals surface area contributed by atoms with Gasteiger partial charge in [0.05, 0.1) is 11.8 Å². The quantitative estimate of drug-likeness (QED) is 0.160. The van der Waals surface area contributed by atoms with Gasteiger partial charge in [-0.25, -0.2) is 10.2 Å². The SMILES string of the molecule is O=C(COc1ccc2ccccc2c1)N/N=C\c1cc(Br)ccc1OC(=O)c1ccccc1. The van der Waals surface area contributed by atoms with E-state index in [4.69, 9.17) is 9.47 Å². The Morgan fingerprint density at radius 1 is 0.879 bits per heavy atom. The van der Waals surface area contributed by atoms with E-state index in [1.54, 1.807) is 42.5 Å². The molecule has 0 unspecified atom stereocenters. The molecule has 0 heterocycles. The van der Waals surface area contributed by atoms with Gasteiger partial charge >= 0.3 is 5.97 Å². The van der Waals surface area contributed by atoms with E-state index in [1.165, 1.54) is 6.21 Å². The Balaban J connectivity index is 1.36. The first-order valence-electron chi connectivity index (χ1n) is 10.1. The molecule has 0 atom stereocenters. The van der Waals surface area contributed by atoms with Crippen LogP contribution in [0.2, 0.25) is 0 Å². The van der Waals surface area contributed by atoms with Crippen molar-refractivity contribution in [2.75, 3.05) is 6.61 Å². The first-order chi connectivity index (χ1) is 16.1. The second-order valence-electron chi connectivity index (χ2n) is 7.03. The molecule has 0 aromatic heterocycles. The van der Waals surface area contributed by atoms with Crippen LogP contribution in [-0.2, 0) is 4.79 Å². The minimum atomic E-state index is -0.486. The maximum absolute atomic E-state index is 12.4. The summed E-state index contributed by atoms with van der Waals surface area (Å²) in [6.07, 6.45) is 1.41. The largest absolute Gasteiger partial charge is 0.484 e. The van der Waals surface area contributed by atoms with Crippen molar-refractivity contribution in [2.24, 2.45) is 5.10 Å². The van der Waals surface area contributed by atoms with Crippen molar-refractivity contribution in [1.82, 2.24) is 5.43 Å². The molecule has 0 radical (unpaired) electrons. The highest BCUT2D eigenvalue weighted by molar-refractivity contribution is 9.10. The number of fused-ring (bicyclic) bond motifs is 1. The number of amides is 1. The molecule has 0 saturated heterocycles. The second kappa shape index (κ2) is 10.6. The first-order valence-corrected chi connectivity index (χ1v) is 10.9. The fraction of sp³-hybridized carbons (Fsp3) is 0.0385. The molecule has 4 aromatic carbocycles. The third-order valence-electron chi connectivity index (χ3n) is 4.67. The third kappa shape index (κ3) is 6.05. The van der Waals surface area contributed by atoms with Crippen molar-refractivity contribution in [3.63, 3.8) is 0 Å². The number of carbonyl (C=O) groups excluding carboxylic acids is 2. The minimum Gasteiger partial charge on any atom is -0.484 e. The van der Waals surface area contributed by atoms with Gasteiger partial charge < -0.3 is 9.47 Å². The minimum absolute atomic E-state index is 0.190. The van der Waals surface area contributed by atoms with Crippen LogP contribution in [0, 0.1) is 0 Å². The van der Waals surface area contributed by atoms with Crippen molar-refractivity contribution in [3.05, 3.63) is 107 Å². The van der Waals surface area contributed by atoms with Crippen molar-refractivity contribution >= 4 is 44.8 Å². The van der Waals surface area contributed by atoms with Crippen LogP contribution in [0.15, 0.2) is 101 Å². The van der Waals surface area contributed by atoms with Crippen LogP contribution in [0.3, 0.4) is 0 Å². The fourth-order valence-corrected chi connectivity index (χ4v) is 3.44. The number of hydrazone groups is 1. The molecule has 33 heavy (non-hydrogen) atoms. The van der Waals surface area contributed by atoms with Crippen LogP contribution in [0.5, 0.6) is 11.5 Å². The highest BCUT2D eigenvalue weighted by Gasteiger charge is 2.11. The van der Waals surface area contributed by atoms with Gasteiger partial charge in [-0.1, -0.05) is 64.5 Å². The summed E-state index contributed by atoms with van der Waals surface area (Å²) >= 11 is 3.39. The number of ether oxygens (including phenoxy) is 2. The van der Waals surface area contributed by atoms with Gasteiger partial charge in [0.2, 0.25) is 0 Å². The molecule has 0 aliphatic carbocycles. The Morgan fingerprint density at radius 3 is 2.45 bits per heavy atom. The van der Waals surface area contributed by atoms with Crippen molar-refractivity contribution in [2.45, 2.75) is 0 Å². The molecule has 6 nitrogen and oxygen atoms in total. The molecule has 0 aliphatic rings. The highest BCUT2D eigenvalue weighted by Crippen LogP contribution is 2.23. The zero-order valence-electron chi connectivity index (χ0n) is 17.4. The zero-order chi connectivity index (χ0) is 23.0. The summed E-state index contributed by atoms with van der Waals surface area (Å²) in [5.74, 6) is 0.00465. The third-order valence-corrected chi connectivity index (χ3v) is 5.16. The number of carbonyl (C=O) groups is 2. The normalized spacial score (nSPS) is 10.8. The van der Waals surface area contributed by atoms with Crippen molar-refractivity contribution in [1.29, 1.82) is 0 Å². The average Bonchev–Trinajstić information content (AvgIpc) is 2.84. The fourth-order valence-electron chi connectivity index (χ4n) is 3.06. The molecule has 0 spiro atoms. The molecule has 164 valence electrons. The van der Waals surface area contributed by atoms with E-state index in [1.807, 2.05) is 48.5 Å². The molecule has 0 fully saturated rings. The number of benzene rings is 4. The molecule has 0 saturated carbocycles. The highest BCUT2D eigenvalue weighted by atomic mass is 79.9. The molecule has 7 heteroatoms. The van der Waals surface area contributed by atoms with Crippen LogP contribution in [0.25, 0.3) is 10.8 Å². The lowest BCUT2D eigenvalue weighted by Gasteiger charge is -2.08. The summed E-state index contributed by atoms with van der Waals surface area (Å²) < 4.78 is 11.8. The van der Waals surface area contributed by atoms with Gasteiger partial charge in [0.1, 0.15) is 11.5 Å². The standard InChI is InChI=1S/C26H19BrN2O4/c27-22-11-13-24(33-26(31)19-7-2-1-3-8-19)21(14-22)16-28-29-25(30)17-32-23-12-10-18-6-4-5-9-20(18)15-23/h1-16H,17H2,(H,29,30)/b28-16-. The summed E-state index contributed by atoms with van der Waals surface area (Å²) in [6, 6.07) is 27.3. The van der Waals surface area contributed by atoms with E-state index < -0.39 is 11.9 Å². The van der Waals surface area contributed by atoms with Gasteiger partial charge in [-0.2, -0.15) is 5.10 Å². The molecule has 1 N–H and O–H groups in total. The monoisotopic (exact) mass is 502 g/mol. The predicted molar refractivity (Wildman–Crippen MR) is 131 cm³/mol. The second-order valence-corrected chi connectivity index (χ2v) is 7.94. The molecule has 4 aromatic rings. The van der Waals surface area contributed by atoms with E-state index in [9.17, 15) is 9.59 Å². The van der Waals surface area contributed by atoms with Crippen LogP contribution >= 0.6 is 15.9 Å². The Bertz CT molecular complexity index is 1320. The number of nitrogens with zero attached hydrogens (tertiary/aromatic N) is 1. The summed E-state index contributed by atoms with van der Waals surface area (Å²) in [7, 11) is 0. The maximum Gasteiger partial charge on any atom is 0.343 e. The number of halogens is 1. The van der Waals surface area contributed by atoms with Crippen LogP contribution in [0.4, 0.5) is 0 Å². The van der Waals surface area contributed by atoms with E-state index in [0.717, 1.165) is 15.2 Å². The average molecular weight is 503 g/mol. The first kappa shape index (κ1) is 22.2. The van der Waals surface area contributed by atoms with E-state index in [-0.39, 0.29) is 6.61 Å². The molecule has 4 rings (SSSR count). The molecular weight excluding hydrogens is 484 g/mol. The number of esters is 1. The van der Waals surface area contributed by atoms with Gasteiger partial charge in [0.25, 0.3) is 5.91 Å².